The summed E-state index contributed by atoms with van der Waals surface area (Å²) in [6, 6.07) is 0.990. The summed E-state index contributed by atoms with van der Waals surface area (Å²) in [6.07, 6.45) is 2.83. The van der Waals surface area contributed by atoms with Crippen LogP contribution in [0.5, 0.6) is 0 Å². The summed E-state index contributed by atoms with van der Waals surface area (Å²) in [6.45, 7) is 3.51. The van der Waals surface area contributed by atoms with Gasteiger partial charge in [-0.1, -0.05) is 6.08 Å². The summed E-state index contributed by atoms with van der Waals surface area (Å²) in [4.78, 5) is 8.29. The summed E-state index contributed by atoms with van der Waals surface area (Å²) in [5.41, 5.74) is 0. The van der Waals surface area contributed by atoms with Gasteiger partial charge in [0.1, 0.15) is 0 Å². The molecule has 0 aromatic carbocycles. The van der Waals surface area contributed by atoms with Crippen LogP contribution >= 0.6 is 0 Å². The van der Waals surface area contributed by atoms with Gasteiger partial charge in [0, 0.05) is 0 Å². The third kappa shape index (κ3) is 3.92. The molecule has 0 amide bonds. The first-order chi connectivity index (χ1) is 2.91. The highest BCUT2D eigenvalue weighted by Crippen LogP contribution is 1.83. The molecule has 0 radical (unpaired) electrons. The lowest BCUT2D eigenvalue weighted by atomic mass is 10.5. The first-order valence-corrected chi connectivity index (χ1v) is 3.77. The Hall–Kier alpha value is -0.0831. The van der Waals surface area contributed by atoms with Crippen molar-refractivity contribution in [2.24, 2.45) is 0 Å². The van der Waals surface area contributed by atoms with Crippen LogP contribution in [0.2, 0.25) is 6.04 Å². The van der Waals surface area contributed by atoms with Gasteiger partial charge in [0.05, 0.1) is 0 Å². The van der Waals surface area contributed by atoms with E-state index in [1.807, 2.05) is 6.08 Å². The molecule has 0 bridgehead atoms. The van der Waals surface area contributed by atoms with Gasteiger partial charge in [0.25, 0.3) is 0 Å². The monoisotopic (exact) mass is 102 g/mol. The predicted octanol–water partition coefficient (Wildman–Crippen LogP) is 0.0569. The minimum atomic E-state index is -0.668. The molecule has 0 aromatic heterocycles. The zero-order valence-corrected chi connectivity index (χ0v) is 5.27. The molecule has 0 rings (SSSR count). The van der Waals surface area contributed by atoms with Crippen molar-refractivity contribution < 1.29 is 4.80 Å². The lowest BCUT2D eigenvalue weighted by molar-refractivity contribution is 0.600. The minimum Gasteiger partial charge on any atom is -0.438 e. The largest absolute Gasteiger partial charge is 0.438 e. The first kappa shape index (κ1) is 5.92. The Morgan fingerprint density at radius 2 is 2.50 bits per heavy atom. The smallest absolute Gasteiger partial charge is 0.157 e. The molecule has 6 heavy (non-hydrogen) atoms. The Labute approximate surface area is 40.6 Å². The highest BCUT2D eigenvalue weighted by Gasteiger charge is 1.74. The average Bonchev–Trinajstić information content (AvgIpc) is 1.61. The van der Waals surface area contributed by atoms with E-state index in [2.05, 4.69) is 6.58 Å². The third-order valence-electron chi connectivity index (χ3n) is 0.566. The van der Waals surface area contributed by atoms with Gasteiger partial charge in [-0.3, -0.25) is 0 Å². The van der Waals surface area contributed by atoms with Gasteiger partial charge in [-0.15, -0.1) is 6.58 Å². The zero-order chi connectivity index (χ0) is 4.83. The summed E-state index contributed by atoms with van der Waals surface area (Å²) >= 11 is 0. The Balaban J connectivity index is 2.49. The normalized spacial score (nSPS) is 10.2. The van der Waals surface area contributed by atoms with Crippen LogP contribution < -0.4 is 0 Å². The fourth-order valence-electron chi connectivity index (χ4n) is 0.236. The molecule has 1 nitrogen and oxygen atoms in total. The van der Waals surface area contributed by atoms with E-state index in [-0.39, 0.29) is 0 Å². The summed E-state index contributed by atoms with van der Waals surface area (Å²) in [5, 5.41) is 0. The van der Waals surface area contributed by atoms with E-state index in [1.165, 1.54) is 0 Å². The minimum absolute atomic E-state index is 0.668. The van der Waals surface area contributed by atoms with Crippen LogP contribution in [0.25, 0.3) is 0 Å². The first-order valence-electron chi connectivity index (χ1n) is 2.13. The molecule has 0 aromatic rings. The van der Waals surface area contributed by atoms with Crippen LogP contribution in [0.1, 0.15) is 6.42 Å². The lowest BCUT2D eigenvalue weighted by Crippen LogP contribution is -1.81. The molecule has 36 valence electrons. The molecule has 1 N–H and O–H groups in total. The van der Waals surface area contributed by atoms with Crippen LogP contribution in [0, 0.1) is 0 Å². The fourth-order valence-corrected chi connectivity index (χ4v) is 0.707. The summed E-state index contributed by atoms with van der Waals surface area (Å²) in [5.74, 6) is 0. The van der Waals surface area contributed by atoms with Gasteiger partial charge in [0.15, 0.2) is 9.76 Å². The molecule has 2 heteroatoms. The highest BCUT2D eigenvalue weighted by molar-refractivity contribution is 6.25. The standard InChI is InChI=1S/C4H10OSi/c1-2-3-4-6-5/h2,5H,1,3-4,6H2. The summed E-state index contributed by atoms with van der Waals surface area (Å²) < 4.78 is 0. The maximum absolute atomic E-state index is 8.29. The van der Waals surface area contributed by atoms with E-state index in [9.17, 15) is 0 Å². The molecule has 0 aliphatic rings. The molecular formula is C4H10OSi. The van der Waals surface area contributed by atoms with Gasteiger partial charge in [-0.2, -0.15) is 0 Å². The average molecular weight is 102 g/mol. The number of hydrogen-bond acceptors (Lipinski definition) is 1. The van der Waals surface area contributed by atoms with Crippen molar-refractivity contribution in [3.05, 3.63) is 12.7 Å². The van der Waals surface area contributed by atoms with E-state index < -0.39 is 9.76 Å². The molecule has 0 unspecified atom stereocenters. The van der Waals surface area contributed by atoms with Crippen molar-refractivity contribution >= 4 is 9.76 Å². The van der Waals surface area contributed by atoms with E-state index in [1.54, 1.807) is 0 Å². The van der Waals surface area contributed by atoms with E-state index in [0.717, 1.165) is 12.5 Å². The molecule has 0 aliphatic carbocycles. The molecular weight excluding hydrogens is 92.1 g/mol. The highest BCUT2D eigenvalue weighted by atomic mass is 28.2. The van der Waals surface area contributed by atoms with E-state index >= 15 is 0 Å². The van der Waals surface area contributed by atoms with Crippen molar-refractivity contribution in [3.8, 4) is 0 Å². The topological polar surface area (TPSA) is 20.2 Å². The zero-order valence-electron chi connectivity index (χ0n) is 3.85. The second kappa shape index (κ2) is 4.92. The molecule has 0 aliphatic heterocycles. The Morgan fingerprint density at radius 1 is 1.83 bits per heavy atom. The van der Waals surface area contributed by atoms with E-state index in [0.29, 0.717) is 0 Å². The van der Waals surface area contributed by atoms with E-state index in [4.69, 9.17) is 4.80 Å². The van der Waals surface area contributed by atoms with Gasteiger partial charge in [0.2, 0.25) is 0 Å². The molecule has 0 fully saturated rings. The van der Waals surface area contributed by atoms with Gasteiger partial charge >= 0.3 is 0 Å². The molecule has 0 spiro atoms. The van der Waals surface area contributed by atoms with Crippen molar-refractivity contribution in [2.75, 3.05) is 0 Å². The van der Waals surface area contributed by atoms with Crippen molar-refractivity contribution in [2.45, 2.75) is 12.5 Å². The van der Waals surface area contributed by atoms with Gasteiger partial charge < -0.3 is 4.80 Å². The molecule has 0 saturated heterocycles. The molecule has 0 atom stereocenters. The third-order valence-corrected chi connectivity index (χ3v) is 1.29. The second-order valence-corrected chi connectivity index (χ2v) is 2.31. The number of allylic oxidation sites excluding steroid dienone is 1. The van der Waals surface area contributed by atoms with Crippen LogP contribution in [0.4, 0.5) is 0 Å². The fraction of sp³-hybridized carbons (Fsp3) is 0.500. The molecule has 0 saturated carbocycles. The van der Waals surface area contributed by atoms with Crippen molar-refractivity contribution in [1.82, 2.24) is 0 Å². The number of hydrogen-bond donors (Lipinski definition) is 1. The second-order valence-electron chi connectivity index (χ2n) is 1.15. The van der Waals surface area contributed by atoms with Gasteiger partial charge in [-0.05, 0) is 12.5 Å². The Kier molecular flexibility index (Phi) is 4.85. The van der Waals surface area contributed by atoms with Crippen molar-refractivity contribution in [3.63, 3.8) is 0 Å². The lowest BCUT2D eigenvalue weighted by Gasteiger charge is -1.80. The quantitative estimate of drug-likeness (QED) is 0.303. The van der Waals surface area contributed by atoms with Crippen LogP contribution in [-0.4, -0.2) is 14.6 Å². The van der Waals surface area contributed by atoms with Crippen LogP contribution in [0.3, 0.4) is 0 Å². The maximum Gasteiger partial charge on any atom is 0.157 e. The van der Waals surface area contributed by atoms with Gasteiger partial charge in [-0.25, -0.2) is 0 Å². The SMILES string of the molecule is C=CCC[SiH2]O. The Bertz CT molecular complexity index is 36.5. The van der Waals surface area contributed by atoms with Crippen molar-refractivity contribution in [1.29, 1.82) is 0 Å². The van der Waals surface area contributed by atoms with Crippen LogP contribution in [0.15, 0.2) is 12.7 Å². The maximum atomic E-state index is 8.29. The predicted molar refractivity (Wildman–Crippen MR) is 30.4 cm³/mol. The van der Waals surface area contributed by atoms with Crippen LogP contribution in [-0.2, 0) is 0 Å². The molecule has 0 heterocycles. The number of rotatable bonds is 3. The summed E-state index contributed by atoms with van der Waals surface area (Å²) in [7, 11) is -0.668. The Morgan fingerprint density at radius 3 is 2.67 bits per heavy atom.